The van der Waals surface area contributed by atoms with E-state index in [9.17, 15) is 18.0 Å². The van der Waals surface area contributed by atoms with Crippen LogP contribution in [0.2, 0.25) is 0 Å². The molecule has 0 radical (unpaired) electrons. The van der Waals surface area contributed by atoms with Crippen LogP contribution < -0.4 is 0 Å². The molecule has 0 bridgehead atoms. The van der Waals surface area contributed by atoms with Crippen LogP contribution in [0.25, 0.3) is 0 Å². The minimum atomic E-state index is -4.26. The Morgan fingerprint density at radius 1 is 1.21 bits per heavy atom. The van der Waals surface area contributed by atoms with Crippen LogP contribution in [0.15, 0.2) is 11.8 Å². The lowest BCUT2D eigenvalue weighted by Gasteiger charge is -2.38. The lowest BCUT2D eigenvalue weighted by molar-refractivity contribution is -0.144. The zero-order valence-electron chi connectivity index (χ0n) is 15.3. The Morgan fingerprint density at radius 3 is 2.12 bits per heavy atom. The van der Waals surface area contributed by atoms with Crippen LogP contribution >= 0.6 is 0 Å². The topological polar surface area (TPSA) is 26.3 Å². The first-order chi connectivity index (χ1) is 11.2. The predicted octanol–water partition coefficient (Wildman–Crippen LogP) is 6.06. The maximum absolute atomic E-state index is 12.7. The molecule has 1 fully saturated rings. The van der Waals surface area contributed by atoms with Crippen molar-refractivity contribution >= 4 is 5.78 Å². The quantitative estimate of drug-likeness (QED) is 0.393. The summed E-state index contributed by atoms with van der Waals surface area (Å²) in [6.45, 7) is 6.07. The minimum absolute atomic E-state index is 0.0757. The molecule has 1 saturated carbocycles. The Kier molecular flexibility index (Phi) is 7.81. The second-order valence-electron chi connectivity index (χ2n) is 7.06. The van der Waals surface area contributed by atoms with E-state index in [0.717, 1.165) is 38.5 Å². The highest BCUT2D eigenvalue weighted by Crippen LogP contribution is 2.44. The summed E-state index contributed by atoms with van der Waals surface area (Å²) in [6, 6.07) is 0. The van der Waals surface area contributed by atoms with E-state index in [4.69, 9.17) is 4.74 Å². The van der Waals surface area contributed by atoms with E-state index in [1.807, 2.05) is 0 Å². The Balaban J connectivity index is 2.77. The fourth-order valence-corrected chi connectivity index (χ4v) is 3.80. The third kappa shape index (κ3) is 5.82. The van der Waals surface area contributed by atoms with Gasteiger partial charge >= 0.3 is 6.18 Å². The maximum Gasteiger partial charge on any atom is 0.389 e. The number of halogens is 3. The fraction of sp³-hybridized carbons (Fsp3) is 0.842. The number of allylic oxidation sites excluding steroid dienone is 2. The molecule has 5 heteroatoms. The first-order valence-electron chi connectivity index (χ1n) is 9.06. The Bertz CT molecular complexity index is 426. The summed E-state index contributed by atoms with van der Waals surface area (Å²) >= 11 is 0. The zero-order chi connectivity index (χ0) is 18.4. The molecule has 0 amide bonds. The van der Waals surface area contributed by atoms with Crippen molar-refractivity contribution in [2.75, 3.05) is 7.11 Å². The number of methoxy groups -OCH3 is 1. The van der Waals surface area contributed by atoms with Gasteiger partial charge in [-0.1, -0.05) is 33.6 Å². The van der Waals surface area contributed by atoms with Crippen molar-refractivity contribution in [3.8, 4) is 0 Å². The SMILES string of the molecule is CCC(CC(F)(F)F)/C(=C/C(=O)C1CCC(CC)(CC)CC1)OC. The molecule has 0 saturated heterocycles. The second kappa shape index (κ2) is 8.91. The van der Waals surface area contributed by atoms with Gasteiger partial charge in [-0.3, -0.25) is 4.79 Å². The van der Waals surface area contributed by atoms with E-state index < -0.39 is 18.5 Å². The highest BCUT2D eigenvalue weighted by molar-refractivity contribution is 5.92. The van der Waals surface area contributed by atoms with Crippen molar-refractivity contribution in [3.05, 3.63) is 11.8 Å². The predicted molar refractivity (Wildman–Crippen MR) is 89.5 cm³/mol. The Hall–Kier alpha value is -1.00. The molecule has 1 atom stereocenters. The van der Waals surface area contributed by atoms with Gasteiger partial charge in [-0.25, -0.2) is 0 Å². The fourth-order valence-electron chi connectivity index (χ4n) is 3.80. The molecule has 0 aromatic carbocycles. The van der Waals surface area contributed by atoms with Crippen molar-refractivity contribution in [1.82, 2.24) is 0 Å². The van der Waals surface area contributed by atoms with Gasteiger partial charge in [0.15, 0.2) is 5.78 Å². The van der Waals surface area contributed by atoms with Crippen LogP contribution in [0.3, 0.4) is 0 Å². The summed E-state index contributed by atoms with van der Waals surface area (Å²) in [5.41, 5.74) is 0.340. The summed E-state index contributed by atoms with van der Waals surface area (Å²) in [4.78, 5) is 12.5. The zero-order valence-corrected chi connectivity index (χ0v) is 15.3. The van der Waals surface area contributed by atoms with Crippen LogP contribution in [0.4, 0.5) is 13.2 Å². The van der Waals surface area contributed by atoms with Crippen molar-refractivity contribution in [3.63, 3.8) is 0 Å². The summed E-state index contributed by atoms with van der Waals surface area (Å²) in [6.07, 6.45) is 2.35. The summed E-state index contributed by atoms with van der Waals surface area (Å²) in [5, 5.41) is 0. The van der Waals surface area contributed by atoms with Gasteiger partial charge < -0.3 is 4.74 Å². The van der Waals surface area contributed by atoms with Gasteiger partial charge in [0.2, 0.25) is 0 Å². The molecule has 0 aromatic heterocycles. The van der Waals surface area contributed by atoms with Gasteiger partial charge in [0, 0.05) is 17.9 Å². The number of hydrogen-bond acceptors (Lipinski definition) is 2. The smallest absolute Gasteiger partial charge is 0.389 e. The monoisotopic (exact) mass is 348 g/mol. The summed E-state index contributed by atoms with van der Waals surface area (Å²) in [7, 11) is 1.35. The highest BCUT2D eigenvalue weighted by Gasteiger charge is 2.36. The average Bonchev–Trinajstić information content (AvgIpc) is 2.56. The number of hydrogen-bond donors (Lipinski definition) is 0. The van der Waals surface area contributed by atoms with Crippen LogP contribution in [0.1, 0.15) is 72.1 Å². The Labute approximate surface area is 143 Å². The van der Waals surface area contributed by atoms with Gasteiger partial charge in [-0.05, 0) is 37.5 Å². The van der Waals surface area contributed by atoms with Crippen LogP contribution in [-0.2, 0) is 9.53 Å². The molecule has 0 aromatic rings. The maximum atomic E-state index is 12.7. The molecule has 1 aliphatic carbocycles. The molecule has 2 nitrogen and oxygen atoms in total. The molecule has 0 N–H and O–H groups in total. The van der Waals surface area contributed by atoms with Crippen molar-refractivity contribution in [2.24, 2.45) is 17.3 Å². The largest absolute Gasteiger partial charge is 0.501 e. The highest BCUT2D eigenvalue weighted by atomic mass is 19.4. The molecule has 0 heterocycles. The van der Waals surface area contributed by atoms with Gasteiger partial charge in [0.25, 0.3) is 0 Å². The van der Waals surface area contributed by atoms with E-state index in [1.54, 1.807) is 6.92 Å². The third-order valence-corrected chi connectivity index (χ3v) is 5.84. The van der Waals surface area contributed by atoms with Crippen LogP contribution in [0, 0.1) is 17.3 Å². The van der Waals surface area contributed by atoms with Gasteiger partial charge in [0.05, 0.1) is 13.5 Å². The standard InChI is InChI=1S/C19H31F3O2/c1-5-14(13-19(20,21)22)17(24-4)12-16(23)15-8-10-18(6-2,7-3)11-9-15/h12,14-15H,5-11,13H2,1-4H3/b17-12-. The van der Waals surface area contributed by atoms with E-state index in [-0.39, 0.29) is 17.5 Å². The van der Waals surface area contributed by atoms with Gasteiger partial charge in [0.1, 0.15) is 5.76 Å². The van der Waals surface area contributed by atoms with E-state index >= 15 is 0 Å². The van der Waals surface area contributed by atoms with Crippen molar-refractivity contribution < 1.29 is 22.7 Å². The third-order valence-electron chi connectivity index (χ3n) is 5.84. The second-order valence-corrected chi connectivity index (χ2v) is 7.06. The first kappa shape index (κ1) is 21.0. The molecule has 0 aliphatic heterocycles. The van der Waals surface area contributed by atoms with Crippen molar-refractivity contribution in [1.29, 1.82) is 0 Å². The number of alkyl halides is 3. The van der Waals surface area contributed by atoms with Crippen LogP contribution in [0.5, 0.6) is 0 Å². The van der Waals surface area contributed by atoms with E-state index in [2.05, 4.69) is 13.8 Å². The number of rotatable bonds is 8. The molecule has 24 heavy (non-hydrogen) atoms. The van der Waals surface area contributed by atoms with Crippen molar-refractivity contribution in [2.45, 2.75) is 78.3 Å². The molecule has 1 rings (SSSR count). The number of ether oxygens (including phenoxy) is 1. The minimum Gasteiger partial charge on any atom is -0.501 e. The number of carbonyl (C=O) groups is 1. The summed E-state index contributed by atoms with van der Waals surface area (Å²) in [5.74, 6) is -0.770. The summed E-state index contributed by atoms with van der Waals surface area (Å²) < 4.78 is 43.2. The van der Waals surface area contributed by atoms with Crippen LogP contribution in [-0.4, -0.2) is 19.1 Å². The average molecular weight is 348 g/mol. The van der Waals surface area contributed by atoms with E-state index in [0.29, 0.717) is 11.8 Å². The van der Waals surface area contributed by atoms with E-state index in [1.165, 1.54) is 13.2 Å². The molecule has 1 aliphatic rings. The lowest BCUT2D eigenvalue weighted by Crippen LogP contribution is -2.29. The molecule has 0 spiro atoms. The number of carbonyl (C=O) groups excluding carboxylic acids is 1. The number of ketones is 1. The molecule has 1 unspecified atom stereocenters. The normalized spacial score (nSPS) is 20.7. The first-order valence-corrected chi connectivity index (χ1v) is 9.06. The Morgan fingerprint density at radius 2 is 1.75 bits per heavy atom. The van der Waals surface area contributed by atoms with Gasteiger partial charge in [-0.15, -0.1) is 0 Å². The van der Waals surface area contributed by atoms with Gasteiger partial charge in [-0.2, -0.15) is 13.2 Å². The lowest BCUT2D eigenvalue weighted by atomic mass is 9.66. The molecular formula is C19H31F3O2. The molecular weight excluding hydrogens is 317 g/mol. The molecule has 140 valence electrons.